The molecule has 2 rings (SSSR count). The molecule has 0 aromatic heterocycles. The van der Waals surface area contributed by atoms with Crippen LogP contribution in [0.25, 0.3) is 0 Å². The molecule has 43 heavy (non-hydrogen) atoms. The number of aliphatic hydroxyl groups is 1. The van der Waals surface area contributed by atoms with E-state index in [2.05, 4.69) is 106 Å². The van der Waals surface area contributed by atoms with Gasteiger partial charge in [-0.2, -0.15) is 5.48 Å². The lowest BCUT2D eigenvalue weighted by Gasteiger charge is -2.24. The summed E-state index contributed by atoms with van der Waals surface area (Å²) < 4.78 is -0.150. The number of ketones is 1. The number of anilines is 1. The molecule has 13 nitrogen and oxygen atoms in total. The lowest BCUT2D eigenvalue weighted by atomic mass is 9.96. The second-order valence-electron chi connectivity index (χ2n) is 8.19. The molecule has 0 aliphatic rings. The molecule has 2 aromatic rings. The third-order valence-electron chi connectivity index (χ3n) is 5.60. The number of hydroxylamine groups is 1. The van der Waals surface area contributed by atoms with Crippen LogP contribution in [-0.4, -0.2) is 74.3 Å². The summed E-state index contributed by atoms with van der Waals surface area (Å²) >= 11 is 19.9. The van der Waals surface area contributed by atoms with Crippen molar-refractivity contribution in [3.8, 4) is 0 Å². The summed E-state index contributed by atoms with van der Waals surface area (Å²) in [6, 6.07) is 0. The van der Waals surface area contributed by atoms with Crippen molar-refractivity contribution in [3.63, 3.8) is 0 Å². The summed E-state index contributed by atoms with van der Waals surface area (Å²) in [7, 11) is 2.81. The Bertz CT molecular complexity index is 1550. The lowest BCUT2D eigenvalue weighted by Crippen LogP contribution is -2.33. The second kappa shape index (κ2) is 16.0. The minimum atomic E-state index is -1.18. The van der Waals surface area contributed by atoms with E-state index < -0.39 is 48.5 Å². The van der Waals surface area contributed by atoms with Gasteiger partial charge in [-0.05, 0) is 95.6 Å². The van der Waals surface area contributed by atoms with E-state index in [9.17, 15) is 33.9 Å². The van der Waals surface area contributed by atoms with Crippen LogP contribution in [0, 0.1) is 0 Å². The number of amides is 4. The molecule has 2 aromatic carbocycles. The molecule has 0 radical (unpaired) electrons. The number of aliphatic hydroxyl groups excluding tert-OH is 1. The van der Waals surface area contributed by atoms with Gasteiger partial charge in [-0.15, -0.1) is 0 Å². The number of carbonyl (C=O) groups is 6. The molecule has 232 valence electrons. The summed E-state index contributed by atoms with van der Waals surface area (Å²) in [5.74, 6) is -4.69. The van der Waals surface area contributed by atoms with Gasteiger partial charge in [0.2, 0.25) is 5.91 Å². The normalized spacial score (nSPS) is 10.6. The van der Waals surface area contributed by atoms with Crippen molar-refractivity contribution in [3.05, 3.63) is 54.7 Å². The van der Waals surface area contributed by atoms with Gasteiger partial charge in [-0.3, -0.25) is 24.0 Å². The van der Waals surface area contributed by atoms with Crippen molar-refractivity contribution in [2.24, 2.45) is 5.73 Å². The van der Waals surface area contributed by atoms with E-state index in [-0.39, 0.29) is 66.9 Å². The van der Waals surface area contributed by atoms with Gasteiger partial charge in [-0.25, -0.2) is 4.79 Å². The van der Waals surface area contributed by atoms with E-state index in [1.165, 1.54) is 25.9 Å². The molecule has 0 bridgehead atoms. The Kier molecular flexibility index (Phi) is 13.9. The zero-order valence-corrected chi connectivity index (χ0v) is 31.7. The van der Waals surface area contributed by atoms with E-state index >= 15 is 0 Å². The zero-order chi connectivity index (χ0) is 32.9. The Labute approximate surface area is 295 Å². The van der Waals surface area contributed by atoms with Crippen molar-refractivity contribution >= 4 is 137 Å². The van der Waals surface area contributed by atoms with Gasteiger partial charge in [0.15, 0.2) is 5.78 Å². The maximum absolute atomic E-state index is 14.4. The fourth-order valence-electron chi connectivity index (χ4n) is 3.45. The maximum atomic E-state index is 14.4. The number of carbonyl (C=O) groups excluding carboxylic acids is 6. The molecule has 6 N–H and O–H groups in total. The lowest BCUT2D eigenvalue weighted by molar-refractivity contribution is -0.128. The van der Waals surface area contributed by atoms with Crippen molar-refractivity contribution < 1.29 is 38.7 Å². The Morgan fingerprint density at radius 1 is 0.791 bits per heavy atom. The maximum Gasteiger partial charge on any atom is 0.365 e. The van der Waals surface area contributed by atoms with Gasteiger partial charge in [0, 0.05) is 45.5 Å². The number of nitrogens with two attached hydrogens (primary N) is 1. The highest BCUT2D eigenvalue weighted by molar-refractivity contribution is 9.12. The van der Waals surface area contributed by atoms with Crippen LogP contribution < -0.4 is 26.7 Å². The third-order valence-corrected chi connectivity index (χ3v) is 10.3. The number of nitrogens with zero attached hydrogens (tertiary/aromatic N) is 1. The summed E-state index contributed by atoms with van der Waals surface area (Å²) in [4.78, 5) is 83.7. The molecule has 0 heterocycles. The largest absolute Gasteiger partial charge is 0.395 e. The molecule has 0 saturated heterocycles. The van der Waals surface area contributed by atoms with E-state index in [1.54, 1.807) is 0 Å². The highest BCUT2D eigenvalue weighted by Gasteiger charge is 2.36. The first-order valence-electron chi connectivity index (χ1n) is 11.6. The number of hydrogen-bond donors (Lipinski definition) is 5. The van der Waals surface area contributed by atoms with E-state index in [1.807, 2.05) is 5.48 Å². The van der Waals surface area contributed by atoms with Gasteiger partial charge < -0.3 is 31.2 Å². The minimum absolute atomic E-state index is 0.00337. The smallest absolute Gasteiger partial charge is 0.365 e. The minimum Gasteiger partial charge on any atom is -0.395 e. The fourth-order valence-corrected chi connectivity index (χ4v) is 9.72. The molecule has 0 spiro atoms. The number of halogens is 6. The summed E-state index contributed by atoms with van der Waals surface area (Å²) in [5.41, 5.74) is 6.13. The number of benzene rings is 2. The Hall–Kier alpha value is -1.74. The topological polar surface area (TPSA) is 197 Å². The van der Waals surface area contributed by atoms with Crippen LogP contribution in [0.5, 0.6) is 0 Å². The summed E-state index contributed by atoms with van der Waals surface area (Å²) in [5, 5.41) is 14.1. The highest BCUT2D eigenvalue weighted by Crippen LogP contribution is 2.47. The first-order chi connectivity index (χ1) is 20.1. The van der Waals surface area contributed by atoms with Crippen LogP contribution >= 0.6 is 95.6 Å². The van der Waals surface area contributed by atoms with Crippen molar-refractivity contribution in [2.45, 2.75) is 6.92 Å². The number of nitrogens with one attached hydrogen (secondary N) is 3. The fraction of sp³-hybridized carbons (Fsp3) is 0.250. The van der Waals surface area contributed by atoms with Crippen LogP contribution in [0.1, 0.15) is 53.9 Å². The first kappa shape index (κ1) is 37.4. The average Bonchev–Trinajstić information content (AvgIpc) is 2.94. The molecule has 0 aliphatic heterocycles. The molecule has 0 unspecified atom stereocenters. The predicted octanol–water partition coefficient (Wildman–Crippen LogP) is 3.70. The molecule has 0 saturated carbocycles. The van der Waals surface area contributed by atoms with Crippen LogP contribution in [0.2, 0.25) is 0 Å². The molecule has 4 amide bonds. The molecule has 0 aliphatic carbocycles. The predicted molar refractivity (Wildman–Crippen MR) is 177 cm³/mol. The monoisotopic (exact) mass is 981 g/mol. The van der Waals surface area contributed by atoms with E-state index in [0.29, 0.717) is 0 Å². The van der Waals surface area contributed by atoms with Crippen LogP contribution in [0.3, 0.4) is 0 Å². The second-order valence-corrected chi connectivity index (χ2v) is 13.0. The standard InChI is InChI=1S/C24H21Br6N5O8/c1-7(37)35(3)20-18(29)10(15(26)12(19(20)30)22(40)32-2)21(39)9-14(25)11(23(41)33-4-5-36)17(28)13(16(9)27)24(42)43-34-8(38)6-31/h36H,4-6,31H2,1-3H3,(H,32,40)(H,33,41)(H,34,38). The van der Waals surface area contributed by atoms with E-state index in [4.69, 9.17) is 10.6 Å². The van der Waals surface area contributed by atoms with Gasteiger partial charge in [0.1, 0.15) is 0 Å². The SMILES string of the molecule is CNC(=O)c1c(Br)c(C(=O)c2c(Br)c(C(=O)NCCO)c(Br)c(C(=O)ONC(=O)CN)c2Br)c(Br)c(N(C)C(C)=O)c1Br. The van der Waals surface area contributed by atoms with Gasteiger partial charge in [-0.1, -0.05) is 0 Å². The van der Waals surface area contributed by atoms with E-state index in [0.717, 1.165) is 0 Å². The Morgan fingerprint density at radius 3 is 1.74 bits per heavy atom. The highest BCUT2D eigenvalue weighted by atomic mass is 79.9. The molecule has 0 atom stereocenters. The molecular weight excluding hydrogens is 966 g/mol. The Balaban J connectivity index is 3.07. The first-order valence-corrected chi connectivity index (χ1v) is 16.4. The molecule has 0 fully saturated rings. The van der Waals surface area contributed by atoms with Crippen molar-refractivity contribution in [1.82, 2.24) is 16.1 Å². The molecule has 19 heteroatoms. The number of rotatable bonds is 9. The molecular formula is C24H21Br6N5O8. The number of hydrogen-bond acceptors (Lipinski definition) is 9. The average molecular weight is 987 g/mol. The van der Waals surface area contributed by atoms with Crippen molar-refractivity contribution in [1.29, 1.82) is 0 Å². The summed E-state index contributed by atoms with van der Waals surface area (Å²) in [6.45, 7) is 0.216. The Morgan fingerprint density at radius 2 is 1.26 bits per heavy atom. The van der Waals surface area contributed by atoms with Crippen LogP contribution in [-0.2, 0) is 14.4 Å². The third kappa shape index (κ3) is 7.74. The zero-order valence-electron chi connectivity index (χ0n) is 22.2. The van der Waals surface area contributed by atoms with Gasteiger partial charge in [0.05, 0.1) is 55.6 Å². The van der Waals surface area contributed by atoms with Crippen LogP contribution in [0.4, 0.5) is 5.69 Å². The van der Waals surface area contributed by atoms with Gasteiger partial charge in [0.25, 0.3) is 17.7 Å². The van der Waals surface area contributed by atoms with Crippen molar-refractivity contribution in [2.75, 3.05) is 38.7 Å². The quantitative estimate of drug-likeness (QED) is 0.184. The summed E-state index contributed by atoms with van der Waals surface area (Å²) in [6.07, 6.45) is 0. The van der Waals surface area contributed by atoms with Gasteiger partial charge >= 0.3 is 5.97 Å². The van der Waals surface area contributed by atoms with Crippen LogP contribution in [0.15, 0.2) is 26.8 Å².